The monoisotopic (exact) mass is 117 g/mol. The normalized spacial score (nSPS) is 23.0. The van der Waals surface area contributed by atoms with E-state index in [2.05, 4.69) is 4.36 Å². The second-order valence-corrected chi connectivity index (χ2v) is 3.87. The molecular formula is C5H11NS. The van der Waals surface area contributed by atoms with Crippen LogP contribution in [0.3, 0.4) is 0 Å². The van der Waals surface area contributed by atoms with Crippen molar-refractivity contribution in [2.24, 2.45) is 4.36 Å². The van der Waals surface area contributed by atoms with Gasteiger partial charge in [0.05, 0.1) is 0 Å². The molecule has 7 heavy (non-hydrogen) atoms. The molecule has 0 spiro atoms. The van der Waals surface area contributed by atoms with E-state index < -0.39 is 0 Å². The van der Waals surface area contributed by atoms with E-state index in [1.54, 1.807) is 0 Å². The lowest BCUT2D eigenvalue weighted by atomic mass is 10.4. The molecule has 0 bridgehead atoms. The Morgan fingerprint density at radius 1 is 1.29 bits per heavy atom. The van der Waals surface area contributed by atoms with Crippen molar-refractivity contribution in [2.45, 2.75) is 12.8 Å². The van der Waals surface area contributed by atoms with E-state index >= 15 is 0 Å². The zero-order valence-corrected chi connectivity index (χ0v) is 5.50. The number of rotatable bonds is 0. The van der Waals surface area contributed by atoms with Gasteiger partial charge < -0.3 is 0 Å². The van der Waals surface area contributed by atoms with Crippen LogP contribution in [0.15, 0.2) is 4.36 Å². The van der Waals surface area contributed by atoms with Crippen LogP contribution in [-0.2, 0) is 10.7 Å². The average molecular weight is 117 g/mol. The topological polar surface area (TPSA) is 12.4 Å². The van der Waals surface area contributed by atoms with Crippen LogP contribution in [-0.4, -0.2) is 18.6 Å². The lowest BCUT2D eigenvalue weighted by Gasteiger charge is -1.87. The molecule has 42 valence electrons. The summed E-state index contributed by atoms with van der Waals surface area (Å²) in [6.07, 6.45) is 2.83. The zero-order chi connectivity index (χ0) is 5.11. The number of hydrogen-bond donors (Lipinski definition) is 0. The Labute approximate surface area is 47.2 Å². The Balaban J connectivity index is 2.41. The van der Waals surface area contributed by atoms with Gasteiger partial charge in [-0.2, -0.15) is 0 Å². The minimum atomic E-state index is 0.491. The third-order valence-electron chi connectivity index (χ3n) is 1.27. The van der Waals surface area contributed by atoms with Gasteiger partial charge in [-0.25, -0.2) is 0 Å². The fourth-order valence-electron chi connectivity index (χ4n) is 0.822. The van der Waals surface area contributed by atoms with Gasteiger partial charge in [0.25, 0.3) is 0 Å². The Morgan fingerprint density at radius 2 is 1.86 bits per heavy atom. The van der Waals surface area contributed by atoms with E-state index in [0.29, 0.717) is 10.7 Å². The summed E-state index contributed by atoms with van der Waals surface area (Å²) in [5.74, 6) is 2.74. The molecule has 1 rings (SSSR count). The molecule has 0 saturated carbocycles. The van der Waals surface area contributed by atoms with E-state index in [-0.39, 0.29) is 0 Å². The summed E-state index contributed by atoms with van der Waals surface area (Å²) in [4.78, 5) is 0. The van der Waals surface area contributed by atoms with Gasteiger partial charge in [-0.3, -0.25) is 4.36 Å². The van der Waals surface area contributed by atoms with Gasteiger partial charge >= 0.3 is 0 Å². The molecule has 0 aromatic rings. The lowest BCUT2D eigenvalue weighted by molar-refractivity contribution is 0.949. The van der Waals surface area contributed by atoms with Crippen LogP contribution in [0, 0.1) is 0 Å². The smallest absolute Gasteiger partial charge is 0.0346 e. The SMILES string of the molecule is CN=S1CCCC1. The molecule has 1 saturated heterocycles. The van der Waals surface area contributed by atoms with Crippen molar-refractivity contribution in [2.75, 3.05) is 18.6 Å². The molecule has 0 aromatic heterocycles. The summed E-state index contributed by atoms with van der Waals surface area (Å²) >= 11 is 0. The standard InChI is InChI=1S/C5H11NS/c1-6-7-4-2-3-5-7/h2-5H2,1H3. The van der Waals surface area contributed by atoms with Crippen LogP contribution in [0.5, 0.6) is 0 Å². The molecule has 0 N–H and O–H groups in total. The van der Waals surface area contributed by atoms with E-state index in [0.717, 1.165) is 0 Å². The van der Waals surface area contributed by atoms with E-state index in [1.165, 1.54) is 24.3 Å². The van der Waals surface area contributed by atoms with Crippen LogP contribution >= 0.6 is 0 Å². The van der Waals surface area contributed by atoms with Gasteiger partial charge in [0.1, 0.15) is 0 Å². The summed E-state index contributed by atoms with van der Waals surface area (Å²) in [5.41, 5.74) is 0. The average Bonchev–Trinajstić information content (AvgIpc) is 2.14. The lowest BCUT2D eigenvalue weighted by Crippen LogP contribution is -1.86. The maximum absolute atomic E-state index is 4.22. The van der Waals surface area contributed by atoms with Crippen molar-refractivity contribution in [1.29, 1.82) is 0 Å². The zero-order valence-electron chi connectivity index (χ0n) is 4.68. The van der Waals surface area contributed by atoms with Crippen molar-refractivity contribution >= 4 is 10.7 Å². The Morgan fingerprint density at radius 3 is 2.14 bits per heavy atom. The molecule has 1 aliphatic rings. The Kier molecular flexibility index (Phi) is 1.86. The molecule has 0 atom stereocenters. The number of nitrogens with zero attached hydrogens (tertiary/aromatic N) is 1. The third-order valence-corrected chi connectivity index (χ3v) is 3.30. The minimum absolute atomic E-state index is 0.491. The first kappa shape index (κ1) is 5.29. The molecule has 0 amide bonds. The molecular weight excluding hydrogens is 106 g/mol. The van der Waals surface area contributed by atoms with Crippen LogP contribution in [0.2, 0.25) is 0 Å². The highest BCUT2D eigenvalue weighted by atomic mass is 32.2. The summed E-state index contributed by atoms with van der Waals surface area (Å²) in [7, 11) is 2.43. The molecule has 0 aromatic carbocycles. The molecule has 1 nitrogen and oxygen atoms in total. The maximum atomic E-state index is 4.22. The second kappa shape index (κ2) is 2.46. The van der Waals surface area contributed by atoms with Crippen molar-refractivity contribution < 1.29 is 0 Å². The third kappa shape index (κ3) is 1.27. The molecule has 2 heteroatoms. The first-order valence-corrected chi connectivity index (χ1v) is 4.23. The fraction of sp³-hybridized carbons (Fsp3) is 1.00. The first-order chi connectivity index (χ1) is 3.43. The molecule has 0 unspecified atom stereocenters. The van der Waals surface area contributed by atoms with Crippen LogP contribution < -0.4 is 0 Å². The van der Waals surface area contributed by atoms with Crippen molar-refractivity contribution in [3.05, 3.63) is 0 Å². The molecule has 1 fully saturated rings. The van der Waals surface area contributed by atoms with Gasteiger partial charge in [0.2, 0.25) is 0 Å². The summed E-state index contributed by atoms with van der Waals surface area (Å²) in [6, 6.07) is 0. The molecule has 0 radical (unpaired) electrons. The van der Waals surface area contributed by atoms with Crippen molar-refractivity contribution in [1.82, 2.24) is 0 Å². The quantitative estimate of drug-likeness (QED) is 0.452. The highest BCUT2D eigenvalue weighted by Crippen LogP contribution is 2.06. The number of hydrogen-bond acceptors (Lipinski definition) is 1. The van der Waals surface area contributed by atoms with Crippen LogP contribution in [0.4, 0.5) is 0 Å². The molecule has 1 heterocycles. The van der Waals surface area contributed by atoms with E-state index in [4.69, 9.17) is 0 Å². The summed E-state index contributed by atoms with van der Waals surface area (Å²) < 4.78 is 4.22. The van der Waals surface area contributed by atoms with Crippen molar-refractivity contribution in [3.8, 4) is 0 Å². The van der Waals surface area contributed by atoms with Crippen molar-refractivity contribution in [3.63, 3.8) is 0 Å². The minimum Gasteiger partial charge on any atom is -0.268 e. The largest absolute Gasteiger partial charge is 0.268 e. The van der Waals surface area contributed by atoms with Gasteiger partial charge in [-0.15, -0.1) is 10.7 Å². The highest BCUT2D eigenvalue weighted by molar-refractivity contribution is 7.87. The van der Waals surface area contributed by atoms with Gasteiger partial charge in [0, 0.05) is 18.6 Å². The Bertz CT molecular complexity index is 80.1. The van der Waals surface area contributed by atoms with E-state index in [9.17, 15) is 0 Å². The van der Waals surface area contributed by atoms with Crippen LogP contribution in [0.1, 0.15) is 12.8 Å². The maximum Gasteiger partial charge on any atom is 0.0346 e. The summed E-state index contributed by atoms with van der Waals surface area (Å²) in [5, 5.41) is 0. The van der Waals surface area contributed by atoms with E-state index in [1.807, 2.05) is 7.05 Å². The predicted molar refractivity (Wildman–Crippen MR) is 34.7 cm³/mol. The molecule has 1 aliphatic heterocycles. The Hall–Kier alpha value is 0.150. The summed E-state index contributed by atoms with van der Waals surface area (Å²) in [6.45, 7) is 0. The predicted octanol–water partition coefficient (Wildman–Crippen LogP) is 1.21. The van der Waals surface area contributed by atoms with Gasteiger partial charge in [0.15, 0.2) is 0 Å². The molecule has 0 aliphatic carbocycles. The second-order valence-electron chi connectivity index (χ2n) is 1.76. The van der Waals surface area contributed by atoms with Gasteiger partial charge in [-0.1, -0.05) is 0 Å². The first-order valence-electron chi connectivity index (χ1n) is 2.71. The fourth-order valence-corrected chi connectivity index (χ4v) is 2.47. The van der Waals surface area contributed by atoms with Crippen LogP contribution in [0.25, 0.3) is 0 Å². The highest BCUT2D eigenvalue weighted by Gasteiger charge is 2.03. The van der Waals surface area contributed by atoms with Gasteiger partial charge in [-0.05, 0) is 12.8 Å².